The Kier molecular flexibility index (Phi) is 5.65. The van der Waals surface area contributed by atoms with E-state index in [1.165, 1.54) is 10.4 Å². The van der Waals surface area contributed by atoms with Crippen LogP contribution in [-0.4, -0.2) is 26.6 Å². The van der Waals surface area contributed by atoms with Crippen molar-refractivity contribution in [1.82, 2.24) is 0 Å². The van der Waals surface area contributed by atoms with Crippen LogP contribution in [0.3, 0.4) is 0 Å². The van der Waals surface area contributed by atoms with E-state index in [2.05, 4.69) is 19.2 Å². The number of benzene rings is 2. The lowest BCUT2D eigenvalue weighted by molar-refractivity contribution is -0.111. The average molecular weight is 385 g/mol. The van der Waals surface area contributed by atoms with Crippen molar-refractivity contribution in [2.75, 3.05) is 21.9 Å². The number of nitrogens with one attached hydrogen (secondary N) is 1. The van der Waals surface area contributed by atoms with E-state index in [1.54, 1.807) is 18.2 Å². The Balaban J connectivity index is 1.67. The highest BCUT2D eigenvalue weighted by Crippen LogP contribution is 2.25. The Morgan fingerprint density at radius 3 is 2.44 bits per heavy atom. The van der Waals surface area contributed by atoms with Crippen molar-refractivity contribution in [1.29, 1.82) is 0 Å². The van der Waals surface area contributed by atoms with Gasteiger partial charge in [-0.15, -0.1) is 0 Å². The summed E-state index contributed by atoms with van der Waals surface area (Å²) in [5.41, 5.74) is 3.41. The van der Waals surface area contributed by atoms with E-state index < -0.39 is 10.0 Å². The van der Waals surface area contributed by atoms with Crippen LogP contribution in [0.15, 0.2) is 54.6 Å². The maximum Gasteiger partial charge on any atom is 0.248 e. The number of nitrogens with zero attached hydrogens (tertiary/aromatic N) is 1. The van der Waals surface area contributed by atoms with Crippen molar-refractivity contribution in [2.45, 2.75) is 26.2 Å². The Hall–Kier alpha value is -2.60. The first kappa shape index (κ1) is 19.2. The van der Waals surface area contributed by atoms with Crippen LogP contribution in [0.1, 0.15) is 37.3 Å². The monoisotopic (exact) mass is 384 g/mol. The molecule has 0 unspecified atom stereocenters. The number of amides is 1. The summed E-state index contributed by atoms with van der Waals surface area (Å²) >= 11 is 0. The summed E-state index contributed by atoms with van der Waals surface area (Å²) in [6, 6.07) is 14.9. The molecule has 2 aromatic carbocycles. The molecule has 0 bridgehead atoms. The zero-order valence-corrected chi connectivity index (χ0v) is 16.4. The molecule has 0 atom stereocenters. The molecule has 1 aliphatic rings. The van der Waals surface area contributed by atoms with Crippen molar-refractivity contribution in [3.05, 3.63) is 65.7 Å². The predicted molar refractivity (Wildman–Crippen MR) is 110 cm³/mol. The van der Waals surface area contributed by atoms with E-state index in [9.17, 15) is 13.2 Å². The molecule has 0 aromatic heterocycles. The van der Waals surface area contributed by atoms with Crippen LogP contribution < -0.4 is 9.62 Å². The van der Waals surface area contributed by atoms with E-state index in [0.717, 1.165) is 16.8 Å². The highest BCUT2D eigenvalue weighted by Gasteiger charge is 2.28. The molecule has 1 amide bonds. The number of rotatable bonds is 5. The van der Waals surface area contributed by atoms with Gasteiger partial charge in [0.15, 0.2) is 0 Å². The Morgan fingerprint density at radius 1 is 1.11 bits per heavy atom. The van der Waals surface area contributed by atoms with Gasteiger partial charge in [0.2, 0.25) is 15.9 Å². The fraction of sp³-hybridized carbons (Fsp3) is 0.286. The van der Waals surface area contributed by atoms with E-state index in [-0.39, 0.29) is 11.7 Å². The van der Waals surface area contributed by atoms with Gasteiger partial charge in [0.1, 0.15) is 0 Å². The molecule has 1 fully saturated rings. The van der Waals surface area contributed by atoms with Crippen LogP contribution in [0.4, 0.5) is 11.4 Å². The number of hydrogen-bond donors (Lipinski definition) is 1. The molecule has 1 N–H and O–H groups in total. The van der Waals surface area contributed by atoms with Gasteiger partial charge in [0.25, 0.3) is 0 Å². The van der Waals surface area contributed by atoms with Crippen molar-refractivity contribution >= 4 is 33.4 Å². The Morgan fingerprint density at radius 2 is 1.81 bits per heavy atom. The SMILES string of the molecule is CC(C)c1ccccc1NC(=O)C=Cc1ccc(N2CCCS2(=O)=O)cc1. The van der Waals surface area contributed by atoms with Gasteiger partial charge in [-0.05, 0) is 47.7 Å². The number of anilines is 2. The number of hydrogen-bond acceptors (Lipinski definition) is 3. The van der Waals surface area contributed by atoms with Crippen LogP contribution in [0, 0.1) is 0 Å². The smallest absolute Gasteiger partial charge is 0.248 e. The van der Waals surface area contributed by atoms with Crippen molar-refractivity contribution in [3.63, 3.8) is 0 Å². The summed E-state index contributed by atoms with van der Waals surface area (Å²) in [6.07, 6.45) is 3.86. The molecule has 0 saturated carbocycles. The second-order valence-corrected chi connectivity index (χ2v) is 8.91. The van der Waals surface area contributed by atoms with E-state index in [0.29, 0.717) is 24.6 Å². The summed E-state index contributed by atoms with van der Waals surface area (Å²) in [6.45, 7) is 4.70. The highest BCUT2D eigenvalue weighted by molar-refractivity contribution is 7.93. The fourth-order valence-corrected chi connectivity index (χ4v) is 4.71. The molecule has 0 radical (unpaired) electrons. The summed E-state index contributed by atoms with van der Waals surface area (Å²) in [5, 5.41) is 2.92. The molecule has 3 rings (SSSR count). The largest absolute Gasteiger partial charge is 0.322 e. The minimum absolute atomic E-state index is 0.200. The van der Waals surface area contributed by atoms with Gasteiger partial charge in [-0.2, -0.15) is 0 Å². The van der Waals surface area contributed by atoms with Crippen molar-refractivity contribution < 1.29 is 13.2 Å². The molecule has 6 heteroatoms. The average Bonchev–Trinajstić information content (AvgIpc) is 3.00. The van der Waals surface area contributed by atoms with Crippen LogP contribution in [0.25, 0.3) is 6.08 Å². The summed E-state index contributed by atoms with van der Waals surface area (Å²) in [7, 11) is -3.17. The highest BCUT2D eigenvalue weighted by atomic mass is 32.2. The minimum atomic E-state index is -3.17. The van der Waals surface area contributed by atoms with Crippen molar-refractivity contribution in [2.24, 2.45) is 0 Å². The molecule has 1 heterocycles. The van der Waals surface area contributed by atoms with Gasteiger partial charge >= 0.3 is 0 Å². The molecular formula is C21H24N2O3S. The Labute approximate surface area is 160 Å². The standard InChI is InChI=1S/C21H24N2O3S/c1-16(2)19-6-3-4-7-20(19)22-21(24)13-10-17-8-11-18(12-9-17)23-14-5-15-27(23,25)26/h3-4,6-13,16H,5,14-15H2,1-2H3,(H,22,24). The lowest BCUT2D eigenvalue weighted by atomic mass is 10.0. The first-order chi connectivity index (χ1) is 12.9. The second-order valence-electron chi connectivity index (χ2n) is 6.90. The molecule has 2 aromatic rings. The number of carbonyl (C=O) groups is 1. The molecular weight excluding hydrogens is 360 g/mol. The molecule has 0 aliphatic carbocycles. The van der Waals surface area contributed by atoms with Gasteiger partial charge in [0.05, 0.1) is 11.4 Å². The zero-order valence-electron chi connectivity index (χ0n) is 15.6. The molecule has 1 aliphatic heterocycles. The van der Waals surface area contributed by atoms with Gasteiger partial charge in [0, 0.05) is 18.3 Å². The zero-order chi connectivity index (χ0) is 19.4. The van der Waals surface area contributed by atoms with Crippen LogP contribution >= 0.6 is 0 Å². The molecule has 27 heavy (non-hydrogen) atoms. The van der Waals surface area contributed by atoms with Gasteiger partial charge in [-0.3, -0.25) is 9.10 Å². The third-order valence-corrected chi connectivity index (χ3v) is 6.42. The number of sulfonamides is 1. The third-order valence-electron chi connectivity index (χ3n) is 4.55. The van der Waals surface area contributed by atoms with Gasteiger partial charge in [-0.25, -0.2) is 8.42 Å². The number of carbonyl (C=O) groups excluding carboxylic acids is 1. The second kappa shape index (κ2) is 7.96. The van der Waals surface area contributed by atoms with E-state index in [1.807, 2.05) is 36.4 Å². The van der Waals surface area contributed by atoms with Crippen molar-refractivity contribution in [3.8, 4) is 0 Å². The lowest BCUT2D eigenvalue weighted by Gasteiger charge is -2.16. The quantitative estimate of drug-likeness (QED) is 0.793. The summed E-state index contributed by atoms with van der Waals surface area (Å²) in [4.78, 5) is 12.2. The summed E-state index contributed by atoms with van der Waals surface area (Å²) in [5.74, 6) is 0.321. The molecule has 5 nitrogen and oxygen atoms in total. The predicted octanol–water partition coefficient (Wildman–Crippen LogP) is 4.00. The third kappa shape index (κ3) is 4.57. The Bertz CT molecular complexity index is 948. The van der Waals surface area contributed by atoms with Crippen LogP contribution in [0.2, 0.25) is 0 Å². The minimum Gasteiger partial charge on any atom is -0.322 e. The topological polar surface area (TPSA) is 66.5 Å². The molecule has 142 valence electrons. The summed E-state index contributed by atoms with van der Waals surface area (Å²) < 4.78 is 25.4. The number of para-hydroxylation sites is 1. The maximum atomic E-state index is 12.2. The first-order valence-electron chi connectivity index (χ1n) is 9.05. The normalized spacial score (nSPS) is 16.2. The van der Waals surface area contributed by atoms with Crippen LogP contribution in [-0.2, 0) is 14.8 Å². The van der Waals surface area contributed by atoms with Crippen LogP contribution in [0.5, 0.6) is 0 Å². The molecule has 0 spiro atoms. The molecule has 1 saturated heterocycles. The first-order valence-corrected chi connectivity index (χ1v) is 10.7. The van der Waals surface area contributed by atoms with E-state index >= 15 is 0 Å². The fourth-order valence-electron chi connectivity index (χ4n) is 3.14. The van der Waals surface area contributed by atoms with Gasteiger partial charge in [-0.1, -0.05) is 44.2 Å². The van der Waals surface area contributed by atoms with Gasteiger partial charge < -0.3 is 5.32 Å². The maximum absolute atomic E-state index is 12.2. The lowest BCUT2D eigenvalue weighted by Crippen LogP contribution is -2.24. The van der Waals surface area contributed by atoms with E-state index in [4.69, 9.17) is 0 Å².